The predicted octanol–water partition coefficient (Wildman–Crippen LogP) is 4.82. The number of rotatable bonds is 6. The summed E-state index contributed by atoms with van der Waals surface area (Å²) in [6, 6.07) is 16.9. The highest BCUT2D eigenvalue weighted by Gasteiger charge is 2.17. The minimum absolute atomic E-state index is 0.785. The summed E-state index contributed by atoms with van der Waals surface area (Å²) in [6.07, 6.45) is 2.31. The van der Waals surface area contributed by atoms with Gasteiger partial charge in [-0.05, 0) is 55.3 Å². The topological polar surface area (TPSA) is 20.2 Å². The average Bonchev–Trinajstić information content (AvgIpc) is 2.97. The molecular weight excluding hydrogens is 374 g/mol. The third-order valence-corrected chi connectivity index (χ3v) is 6.77. The van der Waals surface area contributed by atoms with Crippen LogP contribution >= 0.6 is 23.4 Å². The number of nitrogens with zero attached hydrogens (tertiary/aromatic N) is 2. The number of halogens is 1. The Bertz CT molecular complexity index is 898. The van der Waals surface area contributed by atoms with E-state index in [0.29, 0.717) is 0 Å². The summed E-state index contributed by atoms with van der Waals surface area (Å²) in [5.74, 6) is 0. The van der Waals surface area contributed by atoms with E-state index in [1.165, 1.54) is 52.4 Å². The zero-order valence-corrected chi connectivity index (χ0v) is 17.3. The lowest BCUT2D eigenvalue weighted by Gasteiger charge is -2.27. The monoisotopic (exact) mass is 399 g/mol. The summed E-state index contributed by atoms with van der Waals surface area (Å²) < 4.78 is 2.34. The first-order valence-electron chi connectivity index (χ1n) is 9.65. The zero-order chi connectivity index (χ0) is 18.6. The lowest BCUT2D eigenvalue weighted by Crippen LogP contribution is -2.43. The van der Waals surface area contributed by atoms with Crippen molar-refractivity contribution >= 4 is 34.3 Å². The molecule has 0 unspecified atom stereocenters. The molecule has 0 spiro atoms. The fourth-order valence-electron chi connectivity index (χ4n) is 3.85. The zero-order valence-electron chi connectivity index (χ0n) is 15.7. The smallest absolute Gasteiger partial charge is 0.0837 e. The Morgan fingerprint density at radius 3 is 2.56 bits per heavy atom. The molecule has 0 bridgehead atoms. The standard InChI is InChI=1S/C22H26ClN3S/c1-25-21-7-3-2-5-19(21)20(6-4-14-26-15-12-24-13-16-26)22(25)27-18-10-8-17(23)9-11-18/h2-3,5,7-11,24H,4,6,12-16H2,1H3. The van der Waals surface area contributed by atoms with Crippen LogP contribution in [0.1, 0.15) is 12.0 Å². The molecule has 3 nitrogen and oxygen atoms in total. The van der Waals surface area contributed by atoms with E-state index in [4.69, 9.17) is 11.6 Å². The number of hydrogen-bond acceptors (Lipinski definition) is 3. The summed E-state index contributed by atoms with van der Waals surface area (Å²) >= 11 is 7.90. The van der Waals surface area contributed by atoms with E-state index in [9.17, 15) is 0 Å². The summed E-state index contributed by atoms with van der Waals surface area (Å²) in [5, 5.41) is 6.95. The van der Waals surface area contributed by atoms with Crippen LogP contribution in [0, 0.1) is 0 Å². The molecule has 1 aliphatic rings. The molecule has 1 saturated heterocycles. The number of para-hydroxylation sites is 1. The molecule has 2 heterocycles. The number of piperazine rings is 1. The maximum Gasteiger partial charge on any atom is 0.0837 e. The first-order valence-corrected chi connectivity index (χ1v) is 10.8. The Morgan fingerprint density at radius 1 is 1.04 bits per heavy atom. The van der Waals surface area contributed by atoms with Crippen LogP contribution in [0.5, 0.6) is 0 Å². The number of benzene rings is 2. The predicted molar refractivity (Wildman–Crippen MR) is 116 cm³/mol. The fourth-order valence-corrected chi connectivity index (χ4v) is 5.04. The van der Waals surface area contributed by atoms with Gasteiger partial charge in [0.2, 0.25) is 0 Å². The van der Waals surface area contributed by atoms with Gasteiger partial charge in [0, 0.05) is 54.0 Å². The SMILES string of the molecule is Cn1c(Sc2ccc(Cl)cc2)c(CCCN2CCNCC2)c2ccccc21. The van der Waals surface area contributed by atoms with Crippen LogP contribution < -0.4 is 5.32 Å². The Hall–Kier alpha value is -1.46. The quantitative estimate of drug-likeness (QED) is 0.641. The van der Waals surface area contributed by atoms with Crippen LogP contribution in [0.25, 0.3) is 10.9 Å². The number of aryl methyl sites for hydroxylation is 2. The third-order valence-electron chi connectivity index (χ3n) is 5.29. The van der Waals surface area contributed by atoms with E-state index >= 15 is 0 Å². The molecular formula is C22H26ClN3S. The molecule has 142 valence electrons. The van der Waals surface area contributed by atoms with E-state index in [-0.39, 0.29) is 0 Å². The van der Waals surface area contributed by atoms with Crippen LogP contribution in [0.3, 0.4) is 0 Å². The molecule has 3 aromatic rings. The molecule has 4 rings (SSSR count). The second-order valence-electron chi connectivity index (χ2n) is 7.11. The number of aromatic nitrogens is 1. The van der Waals surface area contributed by atoms with Crippen molar-refractivity contribution in [1.29, 1.82) is 0 Å². The van der Waals surface area contributed by atoms with Crippen LogP contribution in [0.4, 0.5) is 0 Å². The average molecular weight is 400 g/mol. The van der Waals surface area contributed by atoms with Crippen molar-refractivity contribution in [3.63, 3.8) is 0 Å². The van der Waals surface area contributed by atoms with Gasteiger partial charge in [0.1, 0.15) is 0 Å². The Labute approximate surface area is 170 Å². The van der Waals surface area contributed by atoms with Gasteiger partial charge < -0.3 is 14.8 Å². The molecule has 5 heteroatoms. The highest BCUT2D eigenvalue weighted by atomic mass is 35.5. The Balaban J connectivity index is 1.58. The largest absolute Gasteiger partial charge is 0.338 e. The fraction of sp³-hybridized carbons (Fsp3) is 0.364. The lowest BCUT2D eigenvalue weighted by molar-refractivity contribution is 0.238. The molecule has 0 amide bonds. The van der Waals surface area contributed by atoms with Gasteiger partial charge >= 0.3 is 0 Å². The molecule has 1 aromatic heterocycles. The van der Waals surface area contributed by atoms with Crippen molar-refractivity contribution in [2.24, 2.45) is 7.05 Å². The van der Waals surface area contributed by atoms with Crippen molar-refractivity contribution in [2.45, 2.75) is 22.8 Å². The third kappa shape index (κ3) is 4.35. The summed E-state index contributed by atoms with van der Waals surface area (Å²) in [5.41, 5.74) is 2.79. The van der Waals surface area contributed by atoms with Gasteiger partial charge in [-0.15, -0.1) is 0 Å². The van der Waals surface area contributed by atoms with Crippen molar-refractivity contribution in [3.05, 3.63) is 59.1 Å². The Morgan fingerprint density at radius 2 is 1.78 bits per heavy atom. The van der Waals surface area contributed by atoms with Gasteiger partial charge in [-0.25, -0.2) is 0 Å². The van der Waals surface area contributed by atoms with Crippen molar-refractivity contribution < 1.29 is 0 Å². The maximum atomic E-state index is 6.06. The second kappa shape index (κ2) is 8.70. The van der Waals surface area contributed by atoms with E-state index in [1.807, 2.05) is 23.9 Å². The second-order valence-corrected chi connectivity index (χ2v) is 8.61. The minimum Gasteiger partial charge on any atom is -0.338 e. The molecule has 0 radical (unpaired) electrons. The van der Waals surface area contributed by atoms with Gasteiger partial charge in [0.15, 0.2) is 0 Å². The summed E-state index contributed by atoms with van der Waals surface area (Å²) in [6.45, 7) is 5.75. The Kier molecular flexibility index (Phi) is 6.08. The molecule has 0 aliphatic carbocycles. The highest BCUT2D eigenvalue weighted by molar-refractivity contribution is 7.99. The van der Waals surface area contributed by atoms with E-state index in [2.05, 4.69) is 58.2 Å². The van der Waals surface area contributed by atoms with Crippen LogP contribution in [0.15, 0.2) is 58.5 Å². The molecule has 1 fully saturated rings. The molecule has 1 aliphatic heterocycles. The van der Waals surface area contributed by atoms with Crippen molar-refractivity contribution in [1.82, 2.24) is 14.8 Å². The summed E-state index contributed by atoms with van der Waals surface area (Å²) in [7, 11) is 2.18. The van der Waals surface area contributed by atoms with E-state index in [0.717, 1.165) is 24.5 Å². The maximum absolute atomic E-state index is 6.06. The van der Waals surface area contributed by atoms with Gasteiger partial charge in [-0.3, -0.25) is 0 Å². The van der Waals surface area contributed by atoms with Gasteiger partial charge in [0.05, 0.1) is 5.03 Å². The van der Waals surface area contributed by atoms with Gasteiger partial charge in [-0.2, -0.15) is 0 Å². The molecule has 27 heavy (non-hydrogen) atoms. The van der Waals surface area contributed by atoms with Gasteiger partial charge in [0.25, 0.3) is 0 Å². The van der Waals surface area contributed by atoms with E-state index < -0.39 is 0 Å². The molecule has 0 saturated carbocycles. The minimum atomic E-state index is 0.785. The highest BCUT2D eigenvalue weighted by Crippen LogP contribution is 2.37. The number of hydrogen-bond donors (Lipinski definition) is 1. The van der Waals surface area contributed by atoms with Gasteiger partial charge in [-0.1, -0.05) is 41.6 Å². The normalized spacial score (nSPS) is 15.5. The first-order chi connectivity index (χ1) is 13.2. The van der Waals surface area contributed by atoms with Crippen molar-refractivity contribution in [2.75, 3.05) is 32.7 Å². The van der Waals surface area contributed by atoms with Crippen molar-refractivity contribution in [3.8, 4) is 0 Å². The molecule has 2 aromatic carbocycles. The molecule has 1 N–H and O–H groups in total. The summed E-state index contributed by atoms with van der Waals surface area (Å²) in [4.78, 5) is 3.81. The number of fused-ring (bicyclic) bond motifs is 1. The van der Waals surface area contributed by atoms with Crippen LogP contribution in [-0.2, 0) is 13.5 Å². The lowest BCUT2D eigenvalue weighted by atomic mass is 10.1. The van der Waals surface area contributed by atoms with Crippen LogP contribution in [0.2, 0.25) is 5.02 Å². The van der Waals surface area contributed by atoms with Crippen LogP contribution in [-0.4, -0.2) is 42.2 Å². The first kappa shape index (κ1) is 18.9. The number of nitrogens with one attached hydrogen (secondary N) is 1. The molecule has 0 atom stereocenters. The van der Waals surface area contributed by atoms with E-state index in [1.54, 1.807) is 0 Å².